The third-order valence-corrected chi connectivity index (χ3v) is 4.52. The maximum absolute atomic E-state index is 12.1. The number of aromatic nitrogens is 1. The van der Waals surface area contributed by atoms with Gasteiger partial charge in [-0.25, -0.2) is 4.79 Å². The molecule has 1 N–H and O–H groups in total. The summed E-state index contributed by atoms with van der Waals surface area (Å²) in [5.41, 5.74) is 1.03. The topological polar surface area (TPSA) is 121 Å². The van der Waals surface area contributed by atoms with E-state index in [2.05, 4.69) is 10.3 Å². The Bertz CT molecular complexity index is 849. The van der Waals surface area contributed by atoms with Crippen LogP contribution >= 0.6 is 11.3 Å². The van der Waals surface area contributed by atoms with Crippen LogP contribution in [-0.4, -0.2) is 35.0 Å². The maximum atomic E-state index is 12.1. The highest BCUT2D eigenvalue weighted by Crippen LogP contribution is 2.33. The number of hydrogen-bond acceptors (Lipinski definition) is 8. The normalized spacial score (nSPS) is 10.3. The molecule has 1 amide bonds. The van der Waals surface area contributed by atoms with Crippen LogP contribution in [0, 0.1) is 24.0 Å². The van der Waals surface area contributed by atoms with Crippen molar-refractivity contribution in [1.29, 1.82) is 0 Å². The second-order valence-electron chi connectivity index (χ2n) is 5.13. The number of nitrogens with one attached hydrogen (secondary N) is 1. The smallest absolute Gasteiger partial charge is 0.406 e. The number of nitrogens with zero attached hydrogens (tertiary/aromatic N) is 2. The lowest BCUT2D eigenvalue weighted by Gasteiger charge is -2.08. The van der Waals surface area contributed by atoms with E-state index in [1.54, 1.807) is 13.8 Å². The van der Waals surface area contributed by atoms with Crippen LogP contribution in [0.2, 0.25) is 0 Å². The number of amides is 1. The van der Waals surface area contributed by atoms with Crippen molar-refractivity contribution in [2.75, 3.05) is 18.5 Å². The van der Waals surface area contributed by atoms with Gasteiger partial charge in [0.2, 0.25) is 5.75 Å². The summed E-state index contributed by atoms with van der Waals surface area (Å²) in [5.74, 6) is -1.67. The number of aryl methyl sites for hydroxylation is 1. The highest BCUT2D eigenvalue weighted by Gasteiger charge is 2.23. The first-order valence-corrected chi connectivity index (χ1v) is 8.46. The molecule has 0 aliphatic heterocycles. The van der Waals surface area contributed by atoms with Crippen molar-refractivity contribution in [3.8, 4) is 5.75 Å². The molecule has 138 valence electrons. The number of carbonyl (C=O) groups excluding carboxylic acids is 2. The fourth-order valence-corrected chi connectivity index (χ4v) is 3.17. The van der Waals surface area contributed by atoms with Crippen molar-refractivity contribution in [2.45, 2.75) is 20.8 Å². The molecule has 0 aromatic carbocycles. The third kappa shape index (κ3) is 4.33. The van der Waals surface area contributed by atoms with E-state index in [1.165, 1.54) is 29.7 Å². The third-order valence-electron chi connectivity index (χ3n) is 3.40. The Morgan fingerprint density at radius 2 is 2.12 bits per heavy atom. The van der Waals surface area contributed by atoms with Gasteiger partial charge in [-0.15, -0.1) is 11.3 Å². The summed E-state index contributed by atoms with van der Waals surface area (Å²) in [6, 6.07) is 2.81. The minimum Gasteiger partial charge on any atom is -0.476 e. The number of thiophene rings is 1. The van der Waals surface area contributed by atoms with Crippen LogP contribution in [-0.2, 0) is 9.53 Å². The quantitative estimate of drug-likeness (QED) is 0.446. The van der Waals surface area contributed by atoms with Gasteiger partial charge in [0.05, 0.1) is 12.2 Å². The predicted octanol–water partition coefficient (Wildman–Crippen LogP) is 2.86. The fraction of sp³-hybridized carbons (Fsp3) is 0.312. The standard InChI is InChI=1S/C16H17N3O6S/c1-4-24-16(21)13-9(2)10(3)26-15(13)18-12(20)8-25-11-6-5-7-17-14(11)19(22)23/h5-7H,4,8H2,1-3H3,(H,18,20). The van der Waals surface area contributed by atoms with Crippen LogP contribution < -0.4 is 10.1 Å². The molecule has 0 radical (unpaired) electrons. The van der Waals surface area contributed by atoms with E-state index in [0.717, 1.165) is 10.4 Å². The Kier molecular flexibility index (Phi) is 6.23. The molecule has 0 saturated carbocycles. The second-order valence-corrected chi connectivity index (χ2v) is 6.35. The van der Waals surface area contributed by atoms with Gasteiger partial charge in [-0.3, -0.25) is 4.79 Å². The summed E-state index contributed by atoms with van der Waals surface area (Å²) >= 11 is 1.24. The first kappa shape index (κ1) is 19.3. The Morgan fingerprint density at radius 3 is 2.77 bits per heavy atom. The van der Waals surface area contributed by atoms with E-state index in [0.29, 0.717) is 10.6 Å². The van der Waals surface area contributed by atoms with Crippen LogP contribution in [0.1, 0.15) is 27.7 Å². The molecule has 0 aliphatic rings. The van der Waals surface area contributed by atoms with Gasteiger partial charge in [0.1, 0.15) is 11.2 Å². The summed E-state index contributed by atoms with van der Waals surface area (Å²) in [6.07, 6.45) is 1.26. The van der Waals surface area contributed by atoms with E-state index in [9.17, 15) is 19.7 Å². The van der Waals surface area contributed by atoms with E-state index in [-0.39, 0.29) is 12.4 Å². The number of hydrogen-bond donors (Lipinski definition) is 1. The van der Waals surface area contributed by atoms with Gasteiger partial charge in [-0.2, -0.15) is 0 Å². The average molecular weight is 379 g/mol. The Labute approximate surface area is 153 Å². The van der Waals surface area contributed by atoms with Crippen molar-refractivity contribution in [3.05, 3.63) is 44.4 Å². The number of carbonyl (C=O) groups is 2. The predicted molar refractivity (Wildman–Crippen MR) is 94.8 cm³/mol. The zero-order valence-corrected chi connectivity index (χ0v) is 15.2. The van der Waals surface area contributed by atoms with Gasteiger partial charge in [-0.05, 0) is 48.4 Å². The van der Waals surface area contributed by atoms with Gasteiger partial charge in [0.25, 0.3) is 5.91 Å². The zero-order chi connectivity index (χ0) is 19.3. The first-order chi connectivity index (χ1) is 12.3. The van der Waals surface area contributed by atoms with E-state index in [4.69, 9.17) is 9.47 Å². The average Bonchev–Trinajstić information content (AvgIpc) is 2.87. The molecule has 0 atom stereocenters. The number of anilines is 1. The highest BCUT2D eigenvalue weighted by molar-refractivity contribution is 7.16. The van der Waals surface area contributed by atoms with Crippen LogP contribution in [0.5, 0.6) is 5.75 Å². The summed E-state index contributed by atoms with van der Waals surface area (Å²) in [5, 5.41) is 13.8. The molecule has 0 bridgehead atoms. The van der Waals surface area contributed by atoms with Crippen LogP contribution in [0.25, 0.3) is 0 Å². The van der Waals surface area contributed by atoms with Crippen LogP contribution in [0.4, 0.5) is 10.8 Å². The lowest BCUT2D eigenvalue weighted by Crippen LogP contribution is -2.21. The summed E-state index contributed by atoms with van der Waals surface area (Å²) < 4.78 is 10.2. The Hall–Kier alpha value is -3.01. The molecule has 2 aromatic heterocycles. The summed E-state index contributed by atoms with van der Waals surface area (Å²) in [7, 11) is 0. The SMILES string of the molecule is CCOC(=O)c1c(NC(=O)COc2cccnc2[N+](=O)[O-])sc(C)c1C. The second kappa shape index (κ2) is 8.39. The van der Waals surface area contributed by atoms with Crippen LogP contribution in [0.3, 0.4) is 0 Å². The largest absolute Gasteiger partial charge is 0.476 e. The van der Waals surface area contributed by atoms with Gasteiger partial charge in [0.15, 0.2) is 6.61 Å². The minimum absolute atomic E-state index is 0.114. The van der Waals surface area contributed by atoms with E-state index in [1.807, 2.05) is 6.92 Å². The summed E-state index contributed by atoms with van der Waals surface area (Å²) in [4.78, 5) is 38.9. The molecule has 9 nitrogen and oxygen atoms in total. The molecule has 2 aromatic rings. The molecule has 0 unspecified atom stereocenters. The Balaban J connectivity index is 2.11. The monoisotopic (exact) mass is 379 g/mol. The molecule has 2 rings (SSSR count). The van der Waals surface area contributed by atoms with Crippen molar-refractivity contribution < 1.29 is 24.0 Å². The van der Waals surface area contributed by atoms with Gasteiger partial charge < -0.3 is 24.9 Å². The molecule has 26 heavy (non-hydrogen) atoms. The molecule has 2 heterocycles. The van der Waals surface area contributed by atoms with Crippen LogP contribution in [0.15, 0.2) is 18.3 Å². The minimum atomic E-state index is -0.696. The molecule has 0 fully saturated rings. The van der Waals surface area contributed by atoms with Crippen molar-refractivity contribution in [2.24, 2.45) is 0 Å². The highest BCUT2D eigenvalue weighted by atomic mass is 32.1. The van der Waals surface area contributed by atoms with E-state index < -0.39 is 29.2 Å². The number of nitro groups is 1. The van der Waals surface area contributed by atoms with Crippen molar-refractivity contribution >= 4 is 34.0 Å². The number of esters is 1. The fourth-order valence-electron chi connectivity index (χ4n) is 2.10. The Morgan fingerprint density at radius 1 is 1.38 bits per heavy atom. The lowest BCUT2D eigenvalue weighted by atomic mass is 10.1. The maximum Gasteiger partial charge on any atom is 0.406 e. The molecule has 0 aliphatic carbocycles. The molecule has 0 saturated heterocycles. The molecular formula is C16H17N3O6S. The lowest BCUT2D eigenvalue weighted by molar-refractivity contribution is -0.390. The molecule has 0 spiro atoms. The van der Waals surface area contributed by atoms with Gasteiger partial charge >= 0.3 is 11.8 Å². The van der Waals surface area contributed by atoms with Crippen molar-refractivity contribution in [3.63, 3.8) is 0 Å². The number of pyridine rings is 1. The zero-order valence-electron chi connectivity index (χ0n) is 14.4. The summed E-state index contributed by atoms with van der Waals surface area (Å²) in [6.45, 7) is 5.04. The number of ether oxygens (including phenoxy) is 2. The van der Waals surface area contributed by atoms with Crippen molar-refractivity contribution in [1.82, 2.24) is 4.98 Å². The van der Waals surface area contributed by atoms with Gasteiger partial charge in [0, 0.05) is 4.88 Å². The number of rotatable bonds is 7. The van der Waals surface area contributed by atoms with E-state index >= 15 is 0 Å². The molecule has 10 heteroatoms. The van der Waals surface area contributed by atoms with Gasteiger partial charge in [-0.1, -0.05) is 0 Å². The molecular weight excluding hydrogens is 362 g/mol. The first-order valence-electron chi connectivity index (χ1n) is 7.64.